The first kappa shape index (κ1) is 19.7. The lowest BCUT2D eigenvalue weighted by Gasteiger charge is -2.21. The van der Waals surface area contributed by atoms with Crippen molar-refractivity contribution in [3.63, 3.8) is 0 Å². The summed E-state index contributed by atoms with van der Waals surface area (Å²) < 4.78 is 0. The number of rotatable bonds is 5. The molecule has 0 aliphatic rings. The van der Waals surface area contributed by atoms with Gasteiger partial charge in [-0.15, -0.1) is 24.0 Å². The van der Waals surface area contributed by atoms with Crippen LogP contribution in [-0.4, -0.2) is 40.7 Å². The first-order valence-corrected chi connectivity index (χ1v) is 6.72. The van der Waals surface area contributed by atoms with Gasteiger partial charge in [-0.3, -0.25) is 9.89 Å². The summed E-state index contributed by atoms with van der Waals surface area (Å²) in [5.41, 5.74) is 0.686. The van der Waals surface area contributed by atoms with Crippen molar-refractivity contribution in [3.05, 3.63) is 18.0 Å². The monoisotopic (exact) mass is 408 g/mol. The zero-order valence-electron chi connectivity index (χ0n) is 13.0. The topological polar surface area (TPSA) is 94.2 Å². The van der Waals surface area contributed by atoms with E-state index >= 15 is 0 Å². The van der Waals surface area contributed by atoms with Gasteiger partial charge in [0.05, 0.1) is 18.8 Å². The third kappa shape index (κ3) is 9.27. The second-order valence-corrected chi connectivity index (χ2v) is 5.43. The lowest BCUT2D eigenvalue weighted by molar-refractivity contribution is -0.121. The van der Waals surface area contributed by atoms with Gasteiger partial charge in [0, 0.05) is 18.3 Å². The summed E-state index contributed by atoms with van der Waals surface area (Å²) in [7, 11) is 0. The molecule has 7 nitrogen and oxygen atoms in total. The van der Waals surface area contributed by atoms with E-state index in [1.165, 1.54) is 0 Å². The molecule has 1 aromatic heterocycles. The van der Waals surface area contributed by atoms with E-state index in [4.69, 9.17) is 0 Å². The van der Waals surface area contributed by atoms with Crippen LogP contribution in [-0.2, 0) is 11.3 Å². The number of hydrogen-bond acceptors (Lipinski definition) is 3. The summed E-state index contributed by atoms with van der Waals surface area (Å²) in [6.45, 7) is 9.22. The fourth-order valence-electron chi connectivity index (χ4n) is 1.51. The fraction of sp³-hybridized carbons (Fsp3) is 0.615. The highest BCUT2D eigenvalue weighted by Crippen LogP contribution is 1.97. The molecule has 1 heterocycles. The van der Waals surface area contributed by atoms with Gasteiger partial charge in [-0.05, 0) is 33.8 Å². The van der Waals surface area contributed by atoms with Gasteiger partial charge in [-0.2, -0.15) is 5.10 Å². The summed E-state index contributed by atoms with van der Waals surface area (Å²) in [6.07, 6.45) is 1.68. The molecule has 1 amide bonds. The van der Waals surface area contributed by atoms with Crippen molar-refractivity contribution in [1.29, 1.82) is 0 Å². The molecule has 0 saturated heterocycles. The molecule has 0 aliphatic carbocycles. The first-order valence-electron chi connectivity index (χ1n) is 6.72. The molecule has 0 aliphatic heterocycles. The SMILES string of the molecule is CCNC(=NCc1ccn[nH]1)NCC(=O)NC(C)(C)C.I. The Balaban J connectivity index is 0.00000400. The Morgan fingerprint density at radius 1 is 1.38 bits per heavy atom. The highest BCUT2D eigenvalue weighted by atomic mass is 127. The number of aromatic nitrogens is 2. The number of carbonyl (C=O) groups excluding carboxylic acids is 1. The maximum absolute atomic E-state index is 11.7. The van der Waals surface area contributed by atoms with Crippen LogP contribution in [0.1, 0.15) is 33.4 Å². The van der Waals surface area contributed by atoms with Gasteiger partial charge in [0.2, 0.25) is 5.91 Å². The number of aliphatic imine (C=N–C) groups is 1. The van der Waals surface area contributed by atoms with Crippen LogP contribution in [0, 0.1) is 0 Å². The second kappa shape index (κ2) is 9.59. The predicted octanol–water partition coefficient (Wildman–Crippen LogP) is 0.997. The van der Waals surface area contributed by atoms with Gasteiger partial charge in [0.25, 0.3) is 0 Å². The van der Waals surface area contributed by atoms with E-state index < -0.39 is 0 Å². The highest BCUT2D eigenvalue weighted by Gasteiger charge is 2.13. The van der Waals surface area contributed by atoms with Crippen LogP contribution < -0.4 is 16.0 Å². The van der Waals surface area contributed by atoms with Gasteiger partial charge in [0.15, 0.2) is 5.96 Å². The van der Waals surface area contributed by atoms with E-state index in [2.05, 4.69) is 31.1 Å². The Morgan fingerprint density at radius 3 is 2.62 bits per heavy atom. The minimum absolute atomic E-state index is 0. The molecule has 0 aromatic carbocycles. The van der Waals surface area contributed by atoms with Crippen LogP contribution in [0.2, 0.25) is 0 Å². The molecule has 4 N–H and O–H groups in total. The average molecular weight is 408 g/mol. The minimum Gasteiger partial charge on any atom is -0.357 e. The summed E-state index contributed by atoms with van der Waals surface area (Å²) in [5.74, 6) is 0.538. The number of halogens is 1. The molecular weight excluding hydrogens is 383 g/mol. The zero-order chi connectivity index (χ0) is 15.0. The first-order chi connectivity index (χ1) is 9.40. The number of aromatic amines is 1. The normalized spacial score (nSPS) is 11.5. The number of amides is 1. The maximum Gasteiger partial charge on any atom is 0.239 e. The van der Waals surface area contributed by atoms with Crippen LogP contribution in [0.15, 0.2) is 17.3 Å². The van der Waals surface area contributed by atoms with Crippen LogP contribution in [0.25, 0.3) is 0 Å². The summed E-state index contributed by atoms with van der Waals surface area (Å²) in [6, 6.07) is 1.86. The highest BCUT2D eigenvalue weighted by molar-refractivity contribution is 14.0. The van der Waals surface area contributed by atoms with Crippen molar-refractivity contribution in [3.8, 4) is 0 Å². The summed E-state index contributed by atoms with van der Waals surface area (Å²) in [4.78, 5) is 16.1. The molecule has 0 radical (unpaired) electrons. The summed E-state index contributed by atoms with van der Waals surface area (Å²) in [5, 5.41) is 15.7. The van der Waals surface area contributed by atoms with Crippen molar-refractivity contribution < 1.29 is 4.79 Å². The van der Waals surface area contributed by atoms with E-state index in [-0.39, 0.29) is 42.0 Å². The Morgan fingerprint density at radius 2 is 2.10 bits per heavy atom. The number of hydrogen-bond donors (Lipinski definition) is 4. The fourth-order valence-corrected chi connectivity index (χ4v) is 1.51. The van der Waals surface area contributed by atoms with Crippen LogP contribution in [0.3, 0.4) is 0 Å². The van der Waals surface area contributed by atoms with E-state index in [1.54, 1.807) is 6.20 Å². The number of nitrogens with zero attached hydrogens (tertiary/aromatic N) is 2. The van der Waals surface area contributed by atoms with Gasteiger partial charge < -0.3 is 16.0 Å². The van der Waals surface area contributed by atoms with E-state index in [9.17, 15) is 4.79 Å². The van der Waals surface area contributed by atoms with Crippen molar-refractivity contribution in [2.24, 2.45) is 4.99 Å². The molecular formula is C13H25IN6O. The lowest BCUT2D eigenvalue weighted by atomic mass is 10.1. The molecule has 120 valence electrons. The van der Waals surface area contributed by atoms with Crippen molar-refractivity contribution in [2.45, 2.75) is 39.8 Å². The van der Waals surface area contributed by atoms with E-state index in [1.807, 2.05) is 33.8 Å². The molecule has 0 bridgehead atoms. The van der Waals surface area contributed by atoms with Crippen molar-refractivity contribution >= 4 is 35.8 Å². The Kier molecular flexibility index (Phi) is 8.98. The third-order valence-corrected chi connectivity index (χ3v) is 2.24. The quantitative estimate of drug-likeness (QED) is 0.332. The van der Waals surface area contributed by atoms with Crippen molar-refractivity contribution in [1.82, 2.24) is 26.1 Å². The maximum atomic E-state index is 11.7. The molecule has 0 spiro atoms. The van der Waals surface area contributed by atoms with Gasteiger partial charge in [-0.25, -0.2) is 4.99 Å². The molecule has 0 atom stereocenters. The molecule has 0 fully saturated rings. The Hall–Kier alpha value is -1.32. The molecule has 1 aromatic rings. The number of H-pyrrole nitrogens is 1. The lowest BCUT2D eigenvalue weighted by Crippen LogP contribution is -2.48. The second-order valence-electron chi connectivity index (χ2n) is 5.43. The number of carbonyl (C=O) groups is 1. The standard InChI is InChI=1S/C13H24N6O.HI/c1-5-14-12(15-8-10-6-7-17-19-10)16-9-11(20)18-13(2,3)4;/h6-7H,5,8-9H2,1-4H3,(H,17,19)(H,18,20)(H2,14,15,16);1H. The molecule has 21 heavy (non-hydrogen) atoms. The van der Waals surface area contributed by atoms with Gasteiger partial charge in [0.1, 0.15) is 0 Å². The third-order valence-electron chi connectivity index (χ3n) is 2.24. The smallest absolute Gasteiger partial charge is 0.239 e. The number of guanidine groups is 1. The molecule has 0 saturated carbocycles. The van der Waals surface area contributed by atoms with Gasteiger partial charge >= 0.3 is 0 Å². The van der Waals surface area contributed by atoms with E-state index in [0.717, 1.165) is 12.2 Å². The molecule has 8 heteroatoms. The average Bonchev–Trinajstić information content (AvgIpc) is 2.83. The zero-order valence-corrected chi connectivity index (χ0v) is 15.3. The predicted molar refractivity (Wildman–Crippen MR) is 94.7 cm³/mol. The Bertz CT molecular complexity index is 438. The van der Waals surface area contributed by atoms with Crippen LogP contribution >= 0.6 is 24.0 Å². The van der Waals surface area contributed by atoms with Crippen LogP contribution in [0.4, 0.5) is 0 Å². The molecule has 0 unspecified atom stereocenters. The minimum atomic E-state index is -0.232. The number of nitrogens with one attached hydrogen (secondary N) is 4. The molecule has 1 rings (SSSR count). The summed E-state index contributed by atoms with van der Waals surface area (Å²) >= 11 is 0. The largest absolute Gasteiger partial charge is 0.357 e. The van der Waals surface area contributed by atoms with Gasteiger partial charge in [-0.1, -0.05) is 0 Å². The van der Waals surface area contributed by atoms with E-state index in [0.29, 0.717) is 12.5 Å². The Labute approximate surface area is 142 Å². The van der Waals surface area contributed by atoms with Crippen LogP contribution in [0.5, 0.6) is 0 Å². The van der Waals surface area contributed by atoms with Crippen molar-refractivity contribution in [2.75, 3.05) is 13.1 Å².